The highest BCUT2D eigenvalue weighted by Crippen LogP contribution is 2.23. The summed E-state index contributed by atoms with van der Waals surface area (Å²) in [6.07, 6.45) is 6.47. The topological polar surface area (TPSA) is 137 Å². The number of hydrogen-bond acceptors (Lipinski definition) is 6. The molecule has 10 nitrogen and oxygen atoms in total. The summed E-state index contributed by atoms with van der Waals surface area (Å²) in [6.45, 7) is 1.19. The highest BCUT2D eigenvalue weighted by atomic mass is 35.5. The minimum atomic E-state index is -0.522. The van der Waals surface area contributed by atoms with Gasteiger partial charge in [-0.2, -0.15) is 0 Å². The quantitative estimate of drug-likeness (QED) is 0.160. The third kappa shape index (κ3) is 10.8. The molecule has 0 aliphatic heterocycles. The maximum absolute atomic E-state index is 12.5. The molecular weight excluding hydrogens is 534 g/mol. The van der Waals surface area contributed by atoms with Gasteiger partial charge in [0.25, 0.3) is 0 Å². The normalized spacial score (nSPS) is 11.4. The zero-order valence-electron chi connectivity index (χ0n) is 23.0. The van der Waals surface area contributed by atoms with Crippen LogP contribution in [0.3, 0.4) is 0 Å². The number of rotatable bonds is 18. The molecule has 0 aromatic heterocycles. The lowest BCUT2D eigenvalue weighted by atomic mass is 10.0. The first-order valence-electron chi connectivity index (χ1n) is 13.3. The van der Waals surface area contributed by atoms with Gasteiger partial charge in [0.05, 0.1) is 6.04 Å². The van der Waals surface area contributed by atoms with Crippen LogP contribution in [-0.4, -0.2) is 62.5 Å². The Bertz CT molecular complexity index is 1160. The van der Waals surface area contributed by atoms with Gasteiger partial charge < -0.3 is 26.1 Å². The Hall–Kier alpha value is -3.76. The molecule has 11 heteroatoms. The first kappa shape index (κ1) is 32.5. The van der Waals surface area contributed by atoms with Gasteiger partial charge in [-0.25, -0.2) is 4.79 Å². The maximum Gasteiger partial charge on any atom is 0.319 e. The van der Waals surface area contributed by atoms with Gasteiger partial charge >= 0.3 is 6.03 Å². The van der Waals surface area contributed by atoms with E-state index in [2.05, 4.69) is 21.3 Å². The Morgan fingerprint density at radius 3 is 2.50 bits per heavy atom. The van der Waals surface area contributed by atoms with Gasteiger partial charge in [0, 0.05) is 49.4 Å². The van der Waals surface area contributed by atoms with Crippen molar-refractivity contribution in [2.24, 2.45) is 0 Å². The van der Waals surface area contributed by atoms with Crippen LogP contribution in [-0.2, 0) is 33.9 Å². The van der Waals surface area contributed by atoms with Crippen molar-refractivity contribution in [2.45, 2.75) is 57.7 Å². The molecule has 2 rings (SSSR count). The smallest absolute Gasteiger partial charge is 0.319 e. The van der Waals surface area contributed by atoms with Crippen LogP contribution in [0.1, 0.15) is 59.2 Å². The number of nitrogens with zero attached hydrogens (tertiary/aromatic N) is 1. The van der Waals surface area contributed by atoms with Gasteiger partial charge in [0.1, 0.15) is 12.6 Å². The monoisotopic (exact) mass is 571 g/mol. The van der Waals surface area contributed by atoms with E-state index >= 15 is 0 Å². The summed E-state index contributed by atoms with van der Waals surface area (Å²) in [5, 5.41) is 11.4. The zero-order chi connectivity index (χ0) is 29.3. The first-order chi connectivity index (χ1) is 19.3. The minimum absolute atomic E-state index is 0.205. The van der Waals surface area contributed by atoms with E-state index in [-0.39, 0.29) is 18.9 Å². The number of aryl methyl sites for hydroxylation is 1. The van der Waals surface area contributed by atoms with E-state index in [1.54, 1.807) is 43.3 Å². The second kappa shape index (κ2) is 17.8. The first-order valence-corrected chi connectivity index (χ1v) is 13.6. The molecular formula is C29H38ClN5O5. The molecule has 0 saturated heterocycles. The summed E-state index contributed by atoms with van der Waals surface area (Å²) in [7, 11) is 3.31. The van der Waals surface area contributed by atoms with Crippen LogP contribution >= 0.6 is 11.6 Å². The number of nitrogens with one attached hydrogen (secondary N) is 4. The number of carbonyl (C=O) groups excluding carboxylic acids is 5. The Morgan fingerprint density at radius 1 is 1.02 bits per heavy atom. The zero-order valence-corrected chi connectivity index (χ0v) is 23.8. The Kier molecular flexibility index (Phi) is 14.4. The second-order valence-corrected chi connectivity index (χ2v) is 9.84. The van der Waals surface area contributed by atoms with Crippen molar-refractivity contribution in [2.75, 3.05) is 26.0 Å². The van der Waals surface area contributed by atoms with Gasteiger partial charge in [-0.3, -0.25) is 19.3 Å². The molecule has 4 N–H and O–H groups in total. The molecule has 0 fully saturated rings. The number of unbranched alkanes of at least 4 members (excludes halogenated alkanes) is 2. The van der Waals surface area contributed by atoms with E-state index in [9.17, 15) is 24.0 Å². The van der Waals surface area contributed by atoms with E-state index in [1.807, 2.05) is 12.1 Å². The molecule has 2 aromatic carbocycles. The largest absolute Gasteiger partial charge is 0.359 e. The molecule has 0 spiro atoms. The molecule has 0 heterocycles. The molecule has 4 amide bonds. The molecule has 1 atom stereocenters. The van der Waals surface area contributed by atoms with Gasteiger partial charge in [-0.05, 0) is 61.6 Å². The number of anilines is 1. The predicted octanol–water partition coefficient (Wildman–Crippen LogP) is 3.46. The van der Waals surface area contributed by atoms with E-state index in [0.717, 1.165) is 49.4 Å². The fraction of sp³-hybridized carbons (Fsp3) is 0.414. The number of benzene rings is 2. The lowest BCUT2D eigenvalue weighted by Crippen LogP contribution is -2.43. The number of likely N-dealkylation sites (N-methyl/N-ethyl adjacent to an activating group) is 2. The molecule has 2 aromatic rings. The number of carbonyl (C=O) groups is 5. The van der Waals surface area contributed by atoms with Crippen LogP contribution in [0.2, 0.25) is 5.02 Å². The van der Waals surface area contributed by atoms with Crippen molar-refractivity contribution in [3.8, 4) is 0 Å². The summed E-state index contributed by atoms with van der Waals surface area (Å²) in [4.78, 5) is 59.4. The summed E-state index contributed by atoms with van der Waals surface area (Å²) >= 11 is 6.41. The highest BCUT2D eigenvalue weighted by molar-refractivity contribution is 6.31. The Balaban J connectivity index is 1.95. The van der Waals surface area contributed by atoms with E-state index in [0.29, 0.717) is 47.8 Å². The average molecular weight is 572 g/mol. The van der Waals surface area contributed by atoms with Crippen molar-refractivity contribution >= 4 is 48.2 Å². The number of hydrogen-bond donors (Lipinski definition) is 4. The van der Waals surface area contributed by atoms with E-state index < -0.39 is 12.1 Å². The fourth-order valence-electron chi connectivity index (χ4n) is 4.31. The van der Waals surface area contributed by atoms with E-state index in [1.165, 1.54) is 0 Å². The molecule has 0 bridgehead atoms. The molecule has 40 heavy (non-hydrogen) atoms. The van der Waals surface area contributed by atoms with E-state index in [4.69, 9.17) is 11.6 Å². The average Bonchev–Trinajstić information content (AvgIpc) is 2.94. The van der Waals surface area contributed by atoms with Crippen LogP contribution in [0.25, 0.3) is 0 Å². The predicted molar refractivity (Wildman–Crippen MR) is 155 cm³/mol. The number of halogens is 1. The fourth-order valence-corrected chi connectivity index (χ4v) is 4.58. The van der Waals surface area contributed by atoms with Crippen LogP contribution < -0.4 is 21.3 Å². The lowest BCUT2D eigenvalue weighted by Gasteiger charge is -2.27. The van der Waals surface area contributed by atoms with Crippen LogP contribution in [0, 0.1) is 0 Å². The van der Waals surface area contributed by atoms with Crippen molar-refractivity contribution < 1.29 is 24.0 Å². The second-order valence-electron chi connectivity index (χ2n) is 9.44. The van der Waals surface area contributed by atoms with Gasteiger partial charge in [-0.1, -0.05) is 42.3 Å². The van der Waals surface area contributed by atoms with Crippen LogP contribution in [0.15, 0.2) is 36.4 Å². The summed E-state index contributed by atoms with van der Waals surface area (Å²) in [6, 6.07) is 9.74. The van der Waals surface area contributed by atoms with Crippen molar-refractivity contribution in [3.05, 3.63) is 63.7 Å². The van der Waals surface area contributed by atoms with Crippen molar-refractivity contribution in [3.63, 3.8) is 0 Å². The Labute approximate surface area is 240 Å². The number of amides is 4. The maximum atomic E-state index is 12.5. The van der Waals surface area contributed by atoms with Crippen LogP contribution in [0.5, 0.6) is 0 Å². The Morgan fingerprint density at radius 2 is 1.82 bits per heavy atom. The number of urea groups is 1. The molecule has 1 unspecified atom stereocenters. The summed E-state index contributed by atoms with van der Waals surface area (Å²) in [5.74, 6) is -0.205. The SMILES string of the molecule is CNC(=O)C(CCC=O)N(C)Cc1cc(CNC(=O)Nc2ccc(CCCCCNC=O)c(Cl)c2)ccc1C=O. The molecule has 0 aliphatic rings. The highest BCUT2D eigenvalue weighted by Gasteiger charge is 2.22. The van der Waals surface area contributed by atoms with Crippen molar-refractivity contribution in [1.29, 1.82) is 0 Å². The van der Waals surface area contributed by atoms with Crippen LogP contribution in [0.4, 0.5) is 10.5 Å². The molecule has 0 aliphatic carbocycles. The lowest BCUT2D eigenvalue weighted by molar-refractivity contribution is -0.126. The van der Waals surface area contributed by atoms with Gasteiger partial charge in [0.15, 0.2) is 0 Å². The standard InChI is InChI=1S/C29H38ClN5O5/c1-31-28(39)27(8-6-14-36)35(2)18-24-15-21(9-10-23(24)19-37)17-33-29(40)34-25-12-11-22(26(30)16-25)7-4-3-5-13-32-20-38/h9-12,14-16,19-20,27H,3-8,13,17-18H2,1-2H3,(H,31,39)(H,32,38)(H2,33,34,40). The van der Waals surface area contributed by atoms with Crippen molar-refractivity contribution in [1.82, 2.24) is 20.9 Å². The minimum Gasteiger partial charge on any atom is -0.359 e. The third-order valence-electron chi connectivity index (χ3n) is 6.51. The van der Waals surface area contributed by atoms with Gasteiger partial charge in [0.2, 0.25) is 12.3 Å². The molecule has 0 radical (unpaired) electrons. The summed E-state index contributed by atoms with van der Waals surface area (Å²) < 4.78 is 0. The molecule has 216 valence electrons. The summed E-state index contributed by atoms with van der Waals surface area (Å²) in [5.41, 5.74) is 3.53. The third-order valence-corrected chi connectivity index (χ3v) is 6.86. The molecule has 0 saturated carbocycles. The number of aldehydes is 2. The van der Waals surface area contributed by atoms with Gasteiger partial charge in [-0.15, -0.1) is 0 Å².